The summed E-state index contributed by atoms with van der Waals surface area (Å²) in [5, 5.41) is 6.34. The van der Waals surface area contributed by atoms with Crippen LogP contribution in [0.3, 0.4) is 0 Å². The first-order valence-corrected chi connectivity index (χ1v) is 8.08. The Morgan fingerprint density at radius 1 is 1.29 bits per heavy atom. The highest BCUT2D eigenvalue weighted by Gasteiger charge is 2.20. The van der Waals surface area contributed by atoms with Gasteiger partial charge in [-0.3, -0.25) is 9.82 Å². The van der Waals surface area contributed by atoms with Crippen molar-refractivity contribution in [3.8, 4) is 0 Å². The summed E-state index contributed by atoms with van der Waals surface area (Å²) in [6, 6.07) is 7.24. The van der Waals surface area contributed by atoms with Gasteiger partial charge in [-0.05, 0) is 24.6 Å². The average molecular weight is 308 g/mol. The summed E-state index contributed by atoms with van der Waals surface area (Å²) in [7, 11) is -3.62. The minimum absolute atomic E-state index is 0.140. The van der Waals surface area contributed by atoms with Crippen LogP contribution < -0.4 is 10.5 Å². The first kappa shape index (κ1) is 15.5. The maximum Gasteiger partial charge on any atom is 0.265 e. The maximum atomic E-state index is 12.2. The lowest BCUT2D eigenvalue weighted by atomic mass is 9.85. The molecule has 7 heteroatoms. The highest BCUT2D eigenvalue weighted by molar-refractivity contribution is 7.92. The van der Waals surface area contributed by atoms with Gasteiger partial charge in [-0.15, -0.1) is 0 Å². The van der Waals surface area contributed by atoms with Crippen molar-refractivity contribution >= 4 is 15.7 Å². The molecular formula is C14H20N4O2S. The van der Waals surface area contributed by atoms with E-state index in [1.165, 1.54) is 6.20 Å². The monoisotopic (exact) mass is 308 g/mol. The second-order valence-corrected chi connectivity index (χ2v) is 7.28. The molecule has 1 heterocycles. The van der Waals surface area contributed by atoms with Crippen LogP contribution in [-0.4, -0.2) is 25.2 Å². The number of nitrogens with zero attached hydrogens (tertiary/aromatic N) is 1. The minimum atomic E-state index is -3.62. The van der Waals surface area contributed by atoms with Crippen molar-refractivity contribution in [2.45, 2.75) is 31.1 Å². The van der Waals surface area contributed by atoms with Crippen LogP contribution in [0.15, 0.2) is 35.4 Å². The van der Waals surface area contributed by atoms with Crippen LogP contribution in [0.5, 0.6) is 0 Å². The smallest absolute Gasteiger partial charge is 0.265 e. The van der Waals surface area contributed by atoms with E-state index in [1.54, 1.807) is 19.1 Å². The quantitative estimate of drug-likeness (QED) is 0.783. The number of nitrogens with one attached hydrogen (secondary N) is 2. The number of sulfonamides is 1. The van der Waals surface area contributed by atoms with E-state index < -0.39 is 10.0 Å². The largest absolute Gasteiger partial charge is 0.330 e. The molecule has 0 radical (unpaired) electrons. The molecule has 21 heavy (non-hydrogen) atoms. The Bertz CT molecular complexity index is 718. The number of aryl methyl sites for hydroxylation is 1. The summed E-state index contributed by atoms with van der Waals surface area (Å²) < 4.78 is 27.0. The fourth-order valence-electron chi connectivity index (χ4n) is 1.93. The number of benzene rings is 1. The molecule has 1 aromatic carbocycles. The molecular weight excluding hydrogens is 288 g/mol. The molecule has 0 aliphatic rings. The number of hydrogen-bond donors (Lipinski definition) is 3. The summed E-state index contributed by atoms with van der Waals surface area (Å²) >= 11 is 0. The number of nitrogens with two attached hydrogens (primary N) is 1. The van der Waals surface area contributed by atoms with Crippen LogP contribution in [0.2, 0.25) is 0 Å². The number of H-pyrrole nitrogens is 1. The average Bonchev–Trinajstić information content (AvgIpc) is 2.86. The van der Waals surface area contributed by atoms with Gasteiger partial charge < -0.3 is 5.73 Å². The van der Waals surface area contributed by atoms with E-state index in [0.29, 0.717) is 17.9 Å². The third kappa shape index (κ3) is 3.25. The molecule has 0 amide bonds. The third-order valence-electron chi connectivity index (χ3n) is 3.50. The topological polar surface area (TPSA) is 101 Å². The normalized spacial score (nSPS) is 12.4. The van der Waals surface area contributed by atoms with Crippen LogP contribution in [0, 0.1) is 6.92 Å². The van der Waals surface area contributed by atoms with Crippen molar-refractivity contribution < 1.29 is 8.42 Å². The van der Waals surface area contributed by atoms with Gasteiger partial charge >= 0.3 is 0 Å². The van der Waals surface area contributed by atoms with Crippen molar-refractivity contribution in [3.63, 3.8) is 0 Å². The Hall–Kier alpha value is -1.86. The van der Waals surface area contributed by atoms with Gasteiger partial charge in [0.15, 0.2) is 0 Å². The Morgan fingerprint density at radius 2 is 1.90 bits per heavy atom. The zero-order valence-corrected chi connectivity index (χ0v) is 13.2. The predicted octanol–water partition coefficient (Wildman–Crippen LogP) is 1.76. The Kier molecular flexibility index (Phi) is 4.06. The van der Waals surface area contributed by atoms with Gasteiger partial charge in [0.25, 0.3) is 10.0 Å². The van der Waals surface area contributed by atoms with E-state index in [1.807, 2.05) is 26.0 Å². The van der Waals surface area contributed by atoms with Crippen LogP contribution in [0.4, 0.5) is 5.69 Å². The summed E-state index contributed by atoms with van der Waals surface area (Å²) in [4.78, 5) is 0.147. The molecule has 114 valence electrons. The van der Waals surface area contributed by atoms with Gasteiger partial charge in [0.1, 0.15) is 4.90 Å². The fourth-order valence-corrected chi connectivity index (χ4v) is 3.12. The summed E-state index contributed by atoms with van der Waals surface area (Å²) in [5.74, 6) is 0. The summed E-state index contributed by atoms with van der Waals surface area (Å²) in [5.41, 5.74) is 7.67. The molecule has 4 N–H and O–H groups in total. The molecule has 6 nitrogen and oxygen atoms in total. The van der Waals surface area contributed by atoms with Crippen LogP contribution >= 0.6 is 0 Å². The predicted molar refractivity (Wildman–Crippen MR) is 82.7 cm³/mol. The molecule has 0 atom stereocenters. The molecule has 0 fully saturated rings. The van der Waals surface area contributed by atoms with Gasteiger partial charge in [0, 0.05) is 17.6 Å². The Balaban J connectivity index is 2.24. The van der Waals surface area contributed by atoms with Crippen LogP contribution in [0.25, 0.3) is 0 Å². The third-order valence-corrected chi connectivity index (χ3v) is 5.00. The van der Waals surface area contributed by atoms with Crippen molar-refractivity contribution in [2.24, 2.45) is 5.73 Å². The lowest BCUT2D eigenvalue weighted by molar-refractivity contribution is 0.539. The van der Waals surface area contributed by atoms with E-state index in [4.69, 9.17) is 5.73 Å². The molecule has 1 aromatic heterocycles. The van der Waals surface area contributed by atoms with Gasteiger partial charge in [-0.25, -0.2) is 8.42 Å². The zero-order valence-electron chi connectivity index (χ0n) is 12.3. The highest BCUT2D eigenvalue weighted by Crippen LogP contribution is 2.24. The second-order valence-electron chi connectivity index (χ2n) is 5.63. The first-order valence-electron chi connectivity index (χ1n) is 6.60. The number of anilines is 1. The molecule has 0 aliphatic heterocycles. The van der Waals surface area contributed by atoms with Crippen molar-refractivity contribution in [1.82, 2.24) is 10.2 Å². The minimum Gasteiger partial charge on any atom is -0.330 e. The first-order chi connectivity index (χ1) is 9.76. The van der Waals surface area contributed by atoms with E-state index in [9.17, 15) is 8.42 Å². The molecule has 2 rings (SSSR count). The molecule has 0 unspecified atom stereocenters. The standard InChI is InChI=1S/C14H20N4O2S/c1-10-13(8-16-17-10)21(19,20)18-12-6-4-11(5-7-12)14(2,3)9-15/h4-8,18H,9,15H2,1-3H3,(H,16,17). The molecule has 0 bridgehead atoms. The fraction of sp³-hybridized carbons (Fsp3) is 0.357. The van der Waals surface area contributed by atoms with Crippen LogP contribution in [-0.2, 0) is 15.4 Å². The van der Waals surface area contributed by atoms with Crippen molar-refractivity contribution in [3.05, 3.63) is 41.7 Å². The lowest BCUT2D eigenvalue weighted by Crippen LogP contribution is -2.28. The van der Waals surface area contributed by atoms with E-state index in [-0.39, 0.29) is 10.3 Å². The molecule has 0 saturated heterocycles. The van der Waals surface area contributed by atoms with E-state index >= 15 is 0 Å². The van der Waals surface area contributed by atoms with Crippen molar-refractivity contribution in [1.29, 1.82) is 0 Å². The van der Waals surface area contributed by atoms with Crippen LogP contribution in [0.1, 0.15) is 25.1 Å². The number of rotatable bonds is 5. The van der Waals surface area contributed by atoms with Gasteiger partial charge in [-0.2, -0.15) is 5.10 Å². The van der Waals surface area contributed by atoms with Gasteiger partial charge in [0.05, 0.1) is 11.9 Å². The Labute approximate surface area is 124 Å². The second kappa shape index (κ2) is 5.50. The SMILES string of the molecule is Cc1[nH]ncc1S(=O)(=O)Nc1ccc(C(C)(C)CN)cc1. The summed E-state index contributed by atoms with van der Waals surface area (Å²) in [6.45, 7) is 6.27. The zero-order chi connectivity index (χ0) is 15.7. The molecule has 0 aliphatic carbocycles. The number of aromatic amines is 1. The van der Waals surface area contributed by atoms with E-state index in [2.05, 4.69) is 14.9 Å². The molecule has 0 spiro atoms. The highest BCUT2D eigenvalue weighted by atomic mass is 32.2. The number of aromatic nitrogens is 2. The molecule has 0 saturated carbocycles. The van der Waals surface area contributed by atoms with Gasteiger partial charge in [-0.1, -0.05) is 26.0 Å². The number of hydrogen-bond acceptors (Lipinski definition) is 4. The lowest BCUT2D eigenvalue weighted by Gasteiger charge is -2.23. The van der Waals surface area contributed by atoms with Crippen molar-refractivity contribution in [2.75, 3.05) is 11.3 Å². The molecule has 2 aromatic rings. The Morgan fingerprint density at radius 3 is 2.38 bits per heavy atom. The summed E-state index contributed by atoms with van der Waals surface area (Å²) in [6.07, 6.45) is 1.30. The van der Waals surface area contributed by atoms with E-state index in [0.717, 1.165) is 5.56 Å². The van der Waals surface area contributed by atoms with Gasteiger partial charge in [0.2, 0.25) is 0 Å². The maximum absolute atomic E-state index is 12.2.